The van der Waals surface area contributed by atoms with Gasteiger partial charge in [-0.15, -0.1) is 11.3 Å². The van der Waals surface area contributed by atoms with E-state index >= 15 is 0 Å². The van der Waals surface area contributed by atoms with E-state index in [1.165, 1.54) is 11.3 Å². The van der Waals surface area contributed by atoms with E-state index in [1.54, 1.807) is 6.07 Å². The van der Waals surface area contributed by atoms with Gasteiger partial charge in [0.25, 0.3) is 11.8 Å². The molecule has 3 heterocycles. The molecule has 176 valence electrons. The lowest BCUT2D eigenvalue weighted by atomic mass is 9.95. The molecule has 3 N–H and O–H groups in total. The number of aryl methyl sites for hydroxylation is 2. The van der Waals surface area contributed by atoms with Gasteiger partial charge in [-0.3, -0.25) is 9.59 Å². The van der Waals surface area contributed by atoms with Crippen molar-refractivity contribution in [3.63, 3.8) is 0 Å². The van der Waals surface area contributed by atoms with Crippen molar-refractivity contribution in [3.05, 3.63) is 69.6 Å². The number of pyridine rings is 1. The number of nitrogens with two attached hydrogens (primary N) is 1. The third-order valence-corrected chi connectivity index (χ3v) is 7.73. The SMILES string of the molecule is Cc1ccc2nc(-c3ccc4c(c3)OCO4)cc(C(=O)Nc3sc4c(c3C(N)=O)CCCC4)c2c1. The zero-order chi connectivity index (χ0) is 24.1. The number of thiophene rings is 1. The Morgan fingerprint density at radius 1 is 1.03 bits per heavy atom. The van der Waals surface area contributed by atoms with Gasteiger partial charge in [0.05, 0.1) is 22.3 Å². The summed E-state index contributed by atoms with van der Waals surface area (Å²) < 4.78 is 10.9. The number of ether oxygens (including phenoxy) is 2. The van der Waals surface area contributed by atoms with Crippen molar-refractivity contribution < 1.29 is 19.1 Å². The summed E-state index contributed by atoms with van der Waals surface area (Å²) in [4.78, 5) is 31.9. The van der Waals surface area contributed by atoms with E-state index in [4.69, 9.17) is 20.2 Å². The Labute approximate surface area is 205 Å². The summed E-state index contributed by atoms with van der Waals surface area (Å²) in [6.45, 7) is 2.16. The maximum atomic E-state index is 13.7. The number of nitrogens with one attached hydrogen (secondary N) is 1. The van der Waals surface area contributed by atoms with Crippen LogP contribution in [-0.2, 0) is 12.8 Å². The van der Waals surface area contributed by atoms with Gasteiger partial charge in [0.1, 0.15) is 5.00 Å². The molecule has 0 fully saturated rings. The van der Waals surface area contributed by atoms with Crippen LogP contribution in [-0.4, -0.2) is 23.6 Å². The van der Waals surface area contributed by atoms with Gasteiger partial charge in [-0.1, -0.05) is 11.6 Å². The smallest absolute Gasteiger partial charge is 0.257 e. The van der Waals surface area contributed by atoms with Gasteiger partial charge in [0, 0.05) is 15.8 Å². The van der Waals surface area contributed by atoms with Crippen LogP contribution in [0.4, 0.5) is 5.00 Å². The lowest BCUT2D eigenvalue weighted by Gasteiger charge is -2.12. The molecule has 0 saturated heterocycles. The third kappa shape index (κ3) is 3.80. The molecule has 0 bridgehead atoms. The van der Waals surface area contributed by atoms with Crippen LogP contribution < -0.4 is 20.5 Å². The number of primary amides is 1. The Kier molecular flexibility index (Phi) is 5.18. The van der Waals surface area contributed by atoms with Gasteiger partial charge < -0.3 is 20.5 Å². The third-order valence-electron chi connectivity index (χ3n) is 6.52. The first-order valence-electron chi connectivity index (χ1n) is 11.5. The zero-order valence-electron chi connectivity index (χ0n) is 19.1. The van der Waals surface area contributed by atoms with Gasteiger partial charge >= 0.3 is 0 Å². The molecule has 1 aliphatic heterocycles. The summed E-state index contributed by atoms with van der Waals surface area (Å²) in [6.07, 6.45) is 3.81. The molecule has 0 saturated carbocycles. The van der Waals surface area contributed by atoms with Crippen LogP contribution >= 0.6 is 11.3 Å². The Morgan fingerprint density at radius 3 is 2.71 bits per heavy atom. The monoisotopic (exact) mass is 485 g/mol. The molecule has 0 spiro atoms. The van der Waals surface area contributed by atoms with E-state index < -0.39 is 5.91 Å². The minimum Gasteiger partial charge on any atom is -0.454 e. The summed E-state index contributed by atoms with van der Waals surface area (Å²) in [6, 6.07) is 13.2. The Balaban J connectivity index is 1.45. The number of benzene rings is 2. The molecule has 2 amide bonds. The fourth-order valence-corrected chi connectivity index (χ4v) is 6.11. The highest BCUT2D eigenvalue weighted by Gasteiger charge is 2.26. The molecule has 0 atom stereocenters. The number of rotatable bonds is 4. The van der Waals surface area contributed by atoms with Crippen LogP contribution in [0.2, 0.25) is 0 Å². The van der Waals surface area contributed by atoms with E-state index in [-0.39, 0.29) is 12.7 Å². The maximum Gasteiger partial charge on any atom is 0.257 e. The molecule has 7 nitrogen and oxygen atoms in total. The number of carbonyl (C=O) groups is 2. The number of amides is 2. The highest BCUT2D eigenvalue weighted by atomic mass is 32.1. The van der Waals surface area contributed by atoms with Gasteiger partial charge in [0.2, 0.25) is 6.79 Å². The Morgan fingerprint density at radius 2 is 1.86 bits per heavy atom. The van der Waals surface area contributed by atoms with Crippen LogP contribution in [0.1, 0.15) is 49.6 Å². The number of anilines is 1. The first-order valence-corrected chi connectivity index (χ1v) is 12.4. The van der Waals surface area contributed by atoms with Crippen molar-refractivity contribution in [1.82, 2.24) is 4.98 Å². The normalized spacial score (nSPS) is 14.1. The fourth-order valence-electron chi connectivity index (χ4n) is 4.82. The molecule has 35 heavy (non-hydrogen) atoms. The van der Waals surface area contributed by atoms with Crippen LogP contribution in [0.15, 0.2) is 42.5 Å². The highest BCUT2D eigenvalue weighted by Crippen LogP contribution is 2.39. The second-order valence-electron chi connectivity index (χ2n) is 8.88. The molecule has 8 heteroatoms. The summed E-state index contributed by atoms with van der Waals surface area (Å²) in [5, 5.41) is 4.27. The van der Waals surface area contributed by atoms with E-state index in [0.717, 1.165) is 52.6 Å². The minimum absolute atomic E-state index is 0.184. The summed E-state index contributed by atoms with van der Waals surface area (Å²) in [5.74, 6) is 0.528. The Bertz CT molecular complexity index is 1520. The van der Waals surface area contributed by atoms with Gasteiger partial charge in [-0.2, -0.15) is 0 Å². The molecule has 1 aliphatic carbocycles. The second-order valence-corrected chi connectivity index (χ2v) is 9.98. The largest absolute Gasteiger partial charge is 0.454 e. The molecule has 2 aromatic carbocycles. The van der Waals surface area contributed by atoms with Crippen molar-refractivity contribution in [2.24, 2.45) is 5.73 Å². The molecule has 0 unspecified atom stereocenters. The van der Waals surface area contributed by atoms with E-state index in [2.05, 4.69) is 5.32 Å². The molecule has 2 aliphatic rings. The van der Waals surface area contributed by atoms with Crippen LogP contribution in [0.25, 0.3) is 22.2 Å². The summed E-state index contributed by atoms with van der Waals surface area (Å²) >= 11 is 1.46. The standard InChI is InChI=1S/C27H23N3O4S/c1-14-6-8-19-17(10-14)18(12-20(29-19)15-7-9-21-22(11-15)34-13-33-21)26(32)30-27-24(25(28)31)16-4-2-3-5-23(16)35-27/h6-12H,2-5,13H2,1H3,(H2,28,31)(H,30,32). The maximum absolute atomic E-state index is 13.7. The van der Waals surface area contributed by atoms with Crippen molar-refractivity contribution >= 4 is 39.1 Å². The van der Waals surface area contributed by atoms with Crippen molar-refractivity contribution in [1.29, 1.82) is 0 Å². The number of hydrogen-bond donors (Lipinski definition) is 2. The fraction of sp³-hybridized carbons (Fsp3) is 0.222. The molecule has 4 aromatic rings. The van der Waals surface area contributed by atoms with E-state index in [0.29, 0.717) is 38.8 Å². The van der Waals surface area contributed by atoms with Crippen LogP contribution in [0.3, 0.4) is 0 Å². The number of nitrogens with zero attached hydrogens (tertiary/aromatic N) is 1. The van der Waals surface area contributed by atoms with E-state index in [1.807, 2.05) is 43.3 Å². The van der Waals surface area contributed by atoms with Crippen molar-refractivity contribution in [2.45, 2.75) is 32.6 Å². The first kappa shape index (κ1) is 21.6. The number of aromatic nitrogens is 1. The molecular formula is C27H23N3O4S. The van der Waals surface area contributed by atoms with Crippen molar-refractivity contribution in [3.8, 4) is 22.8 Å². The molecule has 2 aromatic heterocycles. The molecule has 6 rings (SSSR count). The Hall–Kier alpha value is -3.91. The quantitative estimate of drug-likeness (QED) is 0.412. The summed E-state index contributed by atoms with van der Waals surface area (Å²) in [7, 11) is 0. The van der Waals surface area contributed by atoms with E-state index in [9.17, 15) is 9.59 Å². The highest BCUT2D eigenvalue weighted by molar-refractivity contribution is 7.17. The first-order chi connectivity index (χ1) is 17.0. The number of carbonyl (C=O) groups excluding carboxylic acids is 2. The topological polar surface area (TPSA) is 104 Å². The average Bonchev–Trinajstić information content (AvgIpc) is 3.46. The zero-order valence-corrected chi connectivity index (χ0v) is 20.0. The van der Waals surface area contributed by atoms with Gasteiger partial charge in [0.15, 0.2) is 11.5 Å². The number of hydrogen-bond acceptors (Lipinski definition) is 6. The molecule has 0 radical (unpaired) electrons. The van der Waals surface area contributed by atoms with Gasteiger partial charge in [-0.05, 0) is 74.6 Å². The number of fused-ring (bicyclic) bond motifs is 3. The van der Waals surface area contributed by atoms with Crippen molar-refractivity contribution in [2.75, 3.05) is 12.1 Å². The summed E-state index contributed by atoms with van der Waals surface area (Å²) in [5.41, 5.74) is 10.8. The van der Waals surface area contributed by atoms with Gasteiger partial charge in [-0.25, -0.2) is 4.98 Å². The lowest BCUT2D eigenvalue weighted by Crippen LogP contribution is -2.19. The molecular weight excluding hydrogens is 462 g/mol. The predicted octanol–water partition coefficient (Wildman–Crippen LogP) is 5.23. The minimum atomic E-state index is -0.504. The second kappa shape index (κ2) is 8.39. The van der Waals surface area contributed by atoms with Crippen LogP contribution in [0.5, 0.6) is 11.5 Å². The lowest BCUT2D eigenvalue weighted by molar-refractivity contribution is 0.100. The average molecular weight is 486 g/mol. The van der Waals surface area contributed by atoms with Crippen LogP contribution in [0, 0.1) is 6.92 Å². The predicted molar refractivity (Wildman–Crippen MR) is 135 cm³/mol.